The van der Waals surface area contributed by atoms with E-state index in [9.17, 15) is 14.4 Å². The van der Waals surface area contributed by atoms with Gasteiger partial charge >= 0.3 is 12.0 Å². The topological polar surface area (TPSA) is 98.7 Å². The van der Waals surface area contributed by atoms with Crippen LogP contribution < -0.4 is 10.6 Å². The summed E-state index contributed by atoms with van der Waals surface area (Å²) < 4.78 is 0. The lowest BCUT2D eigenvalue weighted by Gasteiger charge is -2.23. The molecule has 1 heterocycles. The lowest BCUT2D eigenvalue weighted by Crippen LogP contribution is -2.47. The average molecular weight is 255 g/mol. The first-order chi connectivity index (χ1) is 8.56. The predicted octanol–water partition coefficient (Wildman–Crippen LogP) is -0.476. The van der Waals surface area contributed by atoms with Crippen molar-refractivity contribution in [3.05, 3.63) is 0 Å². The number of hydrogen-bond acceptors (Lipinski definition) is 3. The Hall–Kier alpha value is -1.79. The molecule has 7 heteroatoms. The molecule has 0 aromatic rings. The van der Waals surface area contributed by atoms with Crippen molar-refractivity contribution in [1.82, 2.24) is 15.5 Å². The molecule has 3 amide bonds. The fourth-order valence-electron chi connectivity index (χ4n) is 2.02. The van der Waals surface area contributed by atoms with Gasteiger partial charge in [-0.15, -0.1) is 0 Å². The summed E-state index contributed by atoms with van der Waals surface area (Å²) in [6, 6.07) is -0.286. The van der Waals surface area contributed by atoms with Crippen molar-refractivity contribution in [2.45, 2.75) is 37.8 Å². The van der Waals surface area contributed by atoms with E-state index in [-0.39, 0.29) is 37.0 Å². The molecular weight excluding hydrogens is 238 g/mol. The highest BCUT2D eigenvalue weighted by atomic mass is 16.4. The summed E-state index contributed by atoms with van der Waals surface area (Å²) in [6.45, 7) is 0.669. The van der Waals surface area contributed by atoms with Crippen molar-refractivity contribution in [2.75, 3.05) is 13.1 Å². The lowest BCUT2D eigenvalue weighted by molar-refractivity contribution is -0.137. The van der Waals surface area contributed by atoms with Gasteiger partial charge in [-0.1, -0.05) is 0 Å². The van der Waals surface area contributed by atoms with Crippen LogP contribution in [-0.4, -0.2) is 53.1 Å². The molecule has 0 bridgehead atoms. The monoisotopic (exact) mass is 255 g/mol. The molecule has 0 aromatic heterocycles. The van der Waals surface area contributed by atoms with Gasteiger partial charge in [0.2, 0.25) is 5.91 Å². The first kappa shape index (κ1) is 12.7. The Kier molecular flexibility index (Phi) is 3.69. The van der Waals surface area contributed by atoms with Crippen molar-refractivity contribution < 1.29 is 19.5 Å². The molecule has 0 spiro atoms. The third-order valence-corrected chi connectivity index (χ3v) is 3.12. The molecule has 1 aliphatic carbocycles. The Bertz CT molecular complexity index is 367. The highest BCUT2D eigenvalue weighted by Crippen LogP contribution is 2.27. The molecule has 2 aliphatic rings. The molecule has 7 nitrogen and oxygen atoms in total. The lowest BCUT2D eigenvalue weighted by atomic mass is 10.2. The smallest absolute Gasteiger partial charge is 0.317 e. The fourth-order valence-corrected chi connectivity index (χ4v) is 2.02. The second-order valence-electron chi connectivity index (χ2n) is 4.72. The van der Waals surface area contributed by atoms with Crippen LogP contribution in [0.25, 0.3) is 0 Å². The van der Waals surface area contributed by atoms with Crippen LogP contribution in [0.1, 0.15) is 25.7 Å². The molecule has 1 saturated heterocycles. The number of urea groups is 1. The maximum absolute atomic E-state index is 12.0. The third-order valence-electron chi connectivity index (χ3n) is 3.12. The first-order valence-electron chi connectivity index (χ1n) is 6.12. The number of rotatable bonds is 5. The van der Waals surface area contributed by atoms with Crippen molar-refractivity contribution in [2.24, 2.45) is 0 Å². The maximum Gasteiger partial charge on any atom is 0.317 e. The standard InChI is InChI=1S/C11H17N3O4/c15-9-5-7(6-12-9)13-11(18)14(8-1-2-8)4-3-10(16)17/h7-8H,1-6H2,(H,12,15)(H,13,18)(H,16,17). The number of hydrogen-bond donors (Lipinski definition) is 3. The van der Waals surface area contributed by atoms with E-state index in [1.807, 2.05) is 0 Å². The van der Waals surface area contributed by atoms with Gasteiger partial charge in [0.15, 0.2) is 0 Å². The maximum atomic E-state index is 12.0. The Balaban J connectivity index is 1.83. The van der Waals surface area contributed by atoms with Gasteiger partial charge in [0.05, 0.1) is 12.5 Å². The number of amides is 3. The van der Waals surface area contributed by atoms with Crippen LogP contribution in [0.4, 0.5) is 4.79 Å². The minimum absolute atomic E-state index is 0.0498. The summed E-state index contributed by atoms with van der Waals surface area (Å²) in [5.74, 6) is -0.977. The first-order valence-corrected chi connectivity index (χ1v) is 6.12. The molecule has 3 N–H and O–H groups in total. The van der Waals surface area contributed by atoms with E-state index < -0.39 is 5.97 Å². The Morgan fingerprint density at radius 3 is 2.67 bits per heavy atom. The summed E-state index contributed by atoms with van der Waals surface area (Å²) in [7, 11) is 0. The van der Waals surface area contributed by atoms with Gasteiger partial charge in [0, 0.05) is 25.6 Å². The molecular formula is C11H17N3O4. The van der Waals surface area contributed by atoms with Gasteiger partial charge in [-0.3, -0.25) is 9.59 Å². The summed E-state index contributed by atoms with van der Waals surface area (Å²) in [5, 5.41) is 14.1. The SMILES string of the molecule is O=C(O)CCN(C(=O)NC1CNC(=O)C1)C1CC1. The van der Waals surface area contributed by atoms with E-state index >= 15 is 0 Å². The Morgan fingerprint density at radius 2 is 2.17 bits per heavy atom. The second-order valence-corrected chi connectivity index (χ2v) is 4.72. The van der Waals surface area contributed by atoms with Gasteiger partial charge in [-0.05, 0) is 12.8 Å². The van der Waals surface area contributed by atoms with Crippen molar-refractivity contribution in [3.8, 4) is 0 Å². The van der Waals surface area contributed by atoms with Gasteiger partial charge in [-0.2, -0.15) is 0 Å². The van der Waals surface area contributed by atoms with Gasteiger partial charge < -0.3 is 20.6 Å². The summed E-state index contributed by atoms with van der Waals surface area (Å²) in [6.07, 6.45) is 2.10. The summed E-state index contributed by atoms with van der Waals surface area (Å²) in [5.41, 5.74) is 0. The molecule has 1 unspecified atom stereocenters. The van der Waals surface area contributed by atoms with E-state index in [0.717, 1.165) is 12.8 Å². The second kappa shape index (κ2) is 5.24. The number of carbonyl (C=O) groups is 3. The summed E-state index contributed by atoms with van der Waals surface area (Å²) >= 11 is 0. The Labute approximate surface area is 105 Å². The number of nitrogens with zero attached hydrogens (tertiary/aromatic N) is 1. The third kappa shape index (κ3) is 3.35. The van der Waals surface area contributed by atoms with E-state index in [0.29, 0.717) is 13.0 Å². The minimum Gasteiger partial charge on any atom is -0.481 e. The van der Waals surface area contributed by atoms with Crippen molar-refractivity contribution in [3.63, 3.8) is 0 Å². The number of aliphatic carboxylic acids is 1. The predicted molar refractivity (Wildman–Crippen MR) is 61.9 cm³/mol. The number of carbonyl (C=O) groups excluding carboxylic acids is 2. The number of carboxylic acid groups (broad SMARTS) is 1. The largest absolute Gasteiger partial charge is 0.481 e. The zero-order valence-corrected chi connectivity index (χ0v) is 10.0. The van der Waals surface area contributed by atoms with Gasteiger partial charge in [0.1, 0.15) is 0 Å². The van der Waals surface area contributed by atoms with E-state index in [1.165, 1.54) is 0 Å². The molecule has 1 saturated carbocycles. The molecule has 2 rings (SSSR count). The van der Waals surface area contributed by atoms with Crippen LogP contribution >= 0.6 is 0 Å². The Morgan fingerprint density at radius 1 is 1.44 bits per heavy atom. The quantitative estimate of drug-likeness (QED) is 0.618. The number of nitrogens with one attached hydrogen (secondary N) is 2. The van der Waals surface area contributed by atoms with Crippen molar-refractivity contribution in [1.29, 1.82) is 0 Å². The van der Waals surface area contributed by atoms with E-state index in [2.05, 4.69) is 10.6 Å². The van der Waals surface area contributed by atoms with Gasteiger partial charge in [-0.25, -0.2) is 4.79 Å². The highest BCUT2D eigenvalue weighted by molar-refractivity contribution is 5.81. The molecule has 0 radical (unpaired) electrons. The zero-order valence-electron chi connectivity index (χ0n) is 10.0. The highest BCUT2D eigenvalue weighted by Gasteiger charge is 2.34. The van der Waals surface area contributed by atoms with Gasteiger partial charge in [0.25, 0.3) is 0 Å². The van der Waals surface area contributed by atoms with Crippen LogP contribution in [0.5, 0.6) is 0 Å². The van der Waals surface area contributed by atoms with Crippen LogP contribution in [0.15, 0.2) is 0 Å². The van der Waals surface area contributed by atoms with E-state index in [1.54, 1.807) is 4.90 Å². The summed E-state index contributed by atoms with van der Waals surface area (Å²) in [4.78, 5) is 35.1. The van der Waals surface area contributed by atoms with E-state index in [4.69, 9.17) is 5.11 Å². The fraction of sp³-hybridized carbons (Fsp3) is 0.727. The average Bonchev–Trinajstić information content (AvgIpc) is 3.03. The van der Waals surface area contributed by atoms with Crippen LogP contribution in [0, 0.1) is 0 Å². The molecule has 2 fully saturated rings. The van der Waals surface area contributed by atoms with Crippen LogP contribution in [0.2, 0.25) is 0 Å². The minimum atomic E-state index is -0.911. The molecule has 0 aromatic carbocycles. The van der Waals surface area contributed by atoms with Crippen LogP contribution in [0.3, 0.4) is 0 Å². The molecule has 18 heavy (non-hydrogen) atoms. The molecule has 1 aliphatic heterocycles. The normalized spacial score (nSPS) is 22.4. The van der Waals surface area contributed by atoms with Crippen molar-refractivity contribution >= 4 is 17.9 Å². The zero-order chi connectivity index (χ0) is 13.1. The molecule has 1 atom stereocenters. The number of carboxylic acids is 1. The molecule has 100 valence electrons. The van der Waals surface area contributed by atoms with Crippen LogP contribution in [-0.2, 0) is 9.59 Å².